The molecule has 5 nitrogen and oxygen atoms in total. The molecule has 1 aromatic carbocycles. The minimum atomic E-state index is -0.139. The molecule has 0 aliphatic rings. The standard InChI is InChI=1S/C14H18N4OS/c1-3-11(2)18(9-12-7-5-4-6-8-12)14(19)16-13-17-15-10-20-13/h4-8,10-11H,3,9H2,1-2H3,(H,16,17,19)/t11-/m1/s1. The Labute approximate surface area is 122 Å². The van der Waals surface area contributed by atoms with Crippen molar-refractivity contribution in [3.05, 3.63) is 41.4 Å². The summed E-state index contributed by atoms with van der Waals surface area (Å²) in [5, 5.41) is 10.9. The summed E-state index contributed by atoms with van der Waals surface area (Å²) in [7, 11) is 0. The highest BCUT2D eigenvalue weighted by Gasteiger charge is 2.20. The Morgan fingerprint density at radius 2 is 2.15 bits per heavy atom. The summed E-state index contributed by atoms with van der Waals surface area (Å²) in [5.41, 5.74) is 2.71. The maximum absolute atomic E-state index is 12.4. The molecule has 1 N–H and O–H groups in total. The predicted octanol–water partition coefficient (Wildman–Crippen LogP) is 3.37. The van der Waals surface area contributed by atoms with Gasteiger partial charge in [-0.1, -0.05) is 48.6 Å². The molecule has 0 spiro atoms. The minimum absolute atomic E-state index is 0.139. The molecular weight excluding hydrogens is 272 g/mol. The molecule has 0 saturated heterocycles. The number of hydrogen-bond acceptors (Lipinski definition) is 4. The molecule has 0 bridgehead atoms. The summed E-state index contributed by atoms with van der Waals surface area (Å²) in [6.07, 6.45) is 0.899. The van der Waals surface area contributed by atoms with Crippen LogP contribution in [0, 0.1) is 0 Å². The Kier molecular flexibility index (Phi) is 5.06. The number of carbonyl (C=O) groups is 1. The highest BCUT2D eigenvalue weighted by atomic mass is 32.1. The molecule has 0 saturated carbocycles. The first-order valence-corrected chi connectivity index (χ1v) is 7.46. The van der Waals surface area contributed by atoms with E-state index >= 15 is 0 Å². The number of rotatable bonds is 5. The van der Waals surface area contributed by atoms with Gasteiger partial charge in [0.25, 0.3) is 0 Å². The molecule has 0 aliphatic carbocycles. The van der Waals surface area contributed by atoms with Crippen molar-refractivity contribution in [1.29, 1.82) is 0 Å². The molecular formula is C14H18N4OS. The molecule has 0 aliphatic heterocycles. The molecule has 1 atom stereocenters. The summed E-state index contributed by atoms with van der Waals surface area (Å²) < 4.78 is 0. The summed E-state index contributed by atoms with van der Waals surface area (Å²) >= 11 is 1.31. The SMILES string of the molecule is CC[C@@H](C)N(Cc1ccccc1)C(=O)Nc1nncs1. The third kappa shape index (κ3) is 3.77. The normalized spacial score (nSPS) is 11.9. The van der Waals surface area contributed by atoms with Gasteiger partial charge in [0.15, 0.2) is 0 Å². The fraction of sp³-hybridized carbons (Fsp3) is 0.357. The first-order valence-electron chi connectivity index (χ1n) is 6.58. The van der Waals surface area contributed by atoms with E-state index in [9.17, 15) is 4.79 Å². The highest BCUT2D eigenvalue weighted by Crippen LogP contribution is 2.14. The summed E-state index contributed by atoms with van der Waals surface area (Å²) in [5.74, 6) is 0. The second kappa shape index (κ2) is 7.00. The van der Waals surface area contributed by atoms with Gasteiger partial charge in [0, 0.05) is 12.6 Å². The van der Waals surface area contributed by atoms with Crippen molar-refractivity contribution in [2.75, 3.05) is 5.32 Å². The average molecular weight is 290 g/mol. The monoisotopic (exact) mass is 290 g/mol. The fourth-order valence-electron chi connectivity index (χ4n) is 1.82. The van der Waals surface area contributed by atoms with Crippen LogP contribution in [0.15, 0.2) is 35.8 Å². The number of urea groups is 1. The Balaban J connectivity index is 2.09. The Morgan fingerprint density at radius 3 is 2.75 bits per heavy atom. The van der Waals surface area contributed by atoms with Crippen LogP contribution in [-0.4, -0.2) is 27.2 Å². The van der Waals surface area contributed by atoms with Crippen molar-refractivity contribution in [3.8, 4) is 0 Å². The van der Waals surface area contributed by atoms with Gasteiger partial charge in [-0.3, -0.25) is 5.32 Å². The van der Waals surface area contributed by atoms with Crippen LogP contribution in [0.4, 0.5) is 9.93 Å². The third-order valence-corrected chi connectivity index (χ3v) is 3.76. The number of anilines is 1. The number of nitrogens with one attached hydrogen (secondary N) is 1. The van der Waals surface area contributed by atoms with Gasteiger partial charge < -0.3 is 4.90 Å². The Bertz CT molecular complexity index is 529. The van der Waals surface area contributed by atoms with E-state index in [-0.39, 0.29) is 12.1 Å². The van der Waals surface area contributed by atoms with Crippen LogP contribution in [0.2, 0.25) is 0 Å². The van der Waals surface area contributed by atoms with Crippen LogP contribution >= 0.6 is 11.3 Å². The maximum Gasteiger partial charge on any atom is 0.324 e. The van der Waals surface area contributed by atoms with Crippen molar-refractivity contribution in [1.82, 2.24) is 15.1 Å². The highest BCUT2D eigenvalue weighted by molar-refractivity contribution is 7.13. The van der Waals surface area contributed by atoms with E-state index in [2.05, 4.69) is 22.4 Å². The van der Waals surface area contributed by atoms with Crippen molar-refractivity contribution >= 4 is 22.5 Å². The van der Waals surface area contributed by atoms with Gasteiger partial charge >= 0.3 is 6.03 Å². The van der Waals surface area contributed by atoms with Crippen molar-refractivity contribution in [2.24, 2.45) is 0 Å². The smallest absolute Gasteiger partial charge is 0.317 e. The van der Waals surface area contributed by atoms with Crippen LogP contribution in [0.5, 0.6) is 0 Å². The number of nitrogens with zero attached hydrogens (tertiary/aromatic N) is 3. The maximum atomic E-state index is 12.4. The van der Waals surface area contributed by atoms with E-state index < -0.39 is 0 Å². The van der Waals surface area contributed by atoms with Crippen LogP contribution in [0.1, 0.15) is 25.8 Å². The zero-order valence-electron chi connectivity index (χ0n) is 11.6. The van der Waals surface area contributed by atoms with Gasteiger partial charge in [-0.25, -0.2) is 4.79 Å². The molecule has 0 fully saturated rings. The van der Waals surface area contributed by atoms with Gasteiger partial charge in [-0.05, 0) is 18.9 Å². The van der Waals surface area contributed by atoms with E-state index in [0.29, 0.717) is 11.7 Å². The van der Waals surface area contributed by atoms with Gasteiger partial charge in [0.05, 0.1) is 0 Å². The molecule has 2 amide bonds. The molecule has 1 aromatic heterocycles. The van der Waals surface area contributed by atoms with Crippen molar-refractivity contribution in [3.63, 3.8) is 0 Å². The summed E-state index contributed by atoms with van der Waals surface area (Å²) in [6, 6.07) is 9.99. The molecule has 0 radical (unpaired) electrons. The van der Waals surface area contributed by atoms with Crippen LogP contribution in [-0.2, 0) is 6.54 Å². The zero-order valence-corrected chi connectivity index (χ0v) is 12.4. The van der Waals surface area contributed by atoms with Gasteiger partial charge in [-0.15, -0.1) is 10.2 Å². The molecule has 2 aromatic rings. The molecule has 0 unspecified atom stereocenters. The molecule has 1 heterocycles. The first kappa shape index (κ1) is 14.5. The van der Waals surface area contributed by atoms with Crippen LogP contribution in [0.3, 0.4) is 0 Å². The van der Waals surface area contributed by atoms with Crippen molar-refractivity contribution < 1.29 is 4.79 Å². The second-order valence-electron chi connectivity index (χ2n) is 4.54. The number of amides is 2. The lowest BCUT2D eigenvalue weighted by molar-refractivity contribution is 0.187. The zero-order chi connectivity index (χ0) is 14.4. The lowest BCUT2D eigenvalue weighted by Crippen LogP contribution is -2.40. The molecule has 2 rings (SSSR count). The van der Waals surface area contributed by atoms with Gasteiger partial charge in [0.2, 0.25) is 5.13 Å². The number of aromatic nitrogens is 2. The fourth-order valence-corrected chi connectivity index (χ4v) is 2.25. The molecule has 20 heavy (non-hydrogen) atoms. The van der Waals surface area contributed by atoms with Crippen LogP contribution < -0.4 is 5.32 Å². The molecule has 106 valence electrons. The number of hydrogen-bond donors (Lipinski definition) is 1. The quantitative estimate of drug-likeness (QED) is 0.918. The van der Waals surface area contributed by atoms with E-state index in [1.807, 2.05) is 42.2 Å². The Hall–Kier alpha value is -1.95. The average Bonchev–Trinajstić information content (AvgIpc) is 2.98. The van der Waals surface area contributed by atoms with E-state index in [0.717, 1.165) is 12.0 Å². The number of carbonyl (C=O) groups excluding carboxylic acids is 1. The number of benzene rings is 1. The van der Waals surface area contributed by atoms with Crippen LogP contribution in [0.25, 0.3) is 0 Å². The lowest BCUT2D eigenvalue weighted by Gasteiger charge is -2.28. The summed E-state index contributed by atoms with van der Waals surface area (Å²) in [6.45, 7) is 4.70. The minimum Gasteiger partial charge on any atom is -0.317 e. The predicted molar refractivity (Wildman–Crippen MR) is 80.7 cm³/mol. The topological polar surface area (TPSA) is 58.1 Å². The van der Waals surface area contributed by atoms with Gasteiger partial charge in [0.1, 0.15) is 5.51 Å². The summed E-state index contributed by atoms with van der Waals surface area (Å²) in [4.78, 5) is 14.2. The third-order valence-electron chi connectivity index (χ3n) is 3.15. The largest absolute Gasteiger partial charge is 0.324 e. The molecule has 6 heteroatoms. The van der Waals surface area contributed by atoms with E-state index in [1.165, 1.54) is 11.3 Å². The first-order chi connectivity index (χ1) is 9.70. The second-order valence-corrected chi connectivity index (χ2v) is 5.38. The lowest BCUT2D eigenvalue weighted by atomic mass is 10.1. The Morgan fingerprint density at radius 1 is 1.40 bits per heavy atom. The van der Waals surface area contributed by atoms with Gasteiger partial charge in [-0.2, -0.15) is 0 Å². The van der Waals surface area contributed by atoms with Crippen molar-refractivity contribution in [2.45, 2.75) is 32.9 Å². The van der Waals surface area contributed by atoms with E-state index in [4.69, 9.17) is 0 Å². The van der Waals surface area contributed by atoms with E-state index in [1.54, 1.807) is 5.51 Å².